The van der Waals surface area contributed by atoms with Gasteiger partial charge in [0.25, 0.3) is 5.91 Å². The maximum absolute atomic E-state index is 11.9. The molecule has 0 spiro atoms. The third-order valence-corrected chi connectivity index (χ3v) is 3.40. The van der Waals surface area contributed by atoms with Gasteiger partial charge < -0.3 is 15.2 Å². The second kappa shape index (κ2) is 7.82. The molecule has 5 nitrogen and oxygen atoms in total. The molecule has 1 amide bonds. The summed E-state index contributed by atoms with van der Waals surface area (Å²) >= 11 is 0. The van der Waals surface area contributed by atoms with Crippen LogP contribution in [0.15, 0.2) is 18.2 Å². The first-order chi connectivity index (χ1) is 10.2. The fraction of sp³-hybridized carbons (Fsp3) is 0.529. The number of ether oxygens (including phenoxy) is 1. The number of carboxylic acid groups (broad SMARTS) is 1. The highest BCUT2D eigenvalue weighted by molar-refractivity contribution is 5.84. The summed E-state index contributed by atoms with van der Waals surface area (Å²) in [6.07, 6.45) is 0. The van der Waals surface area contributed by atoms with Crippen molar-refractivity contribution in [2.24, 2.45) is 5.92 Å². The molecular formula is C17H25NO4. The summed E-state index contributed by atoms with van der Waals surface area (Å²) in [6, 6.07) is 4.97. The highest BCUT2D eigenvalue weighted by atomic mass is 16.5. The second-order valence-corrected chi connectivity index (χ2v) is 6.11. The van der Waals surface area contributed by atoms with Crippen LogP contribution in [0, 0.1) is 12.8 Å². The molecule has 0 bridgehead atoms. The summed E-state index contributed by atoms with van der Waals surface area (Å²) in [7, 11) is 0. The van der Waals surface area contributed by atoms with Gasteiger partial charge in [0.05, 0.1) is 0 Å². The maximum Gasteiger partial charge on any atom is 0.326 e. The van der Waals surface area contributed by atoms with Crippen molar-refractivity contribution < 1.29 is 19.4 Å². The lowest BCUT2D eigenvalue weighted by Crippen LogP contribution is -2.46. The summed E-state index contributed by atoms with van der Waals surface area (Å²) in [5, 5.41) is 11.6. The van der Waals surface area contributed by atoms with Crippen LogP contribution >= 0.6 is 0 Å². The van der Waals surface area contributed by atoms with Crippen LogP contribution < -0.4 is 10.1 Å². The first-order valence-electron chi connectivity index (χ1n) is 7.48. The Kier molecular flexibility index (Phi) is 6.40. The fourth-order valence-corrected chi connectivity index (χ4v) is 2.12. The lowest BCUT2D eigenvalue weighted by atomic mass is 10.0. The van der Waals surface area contributed by atoms with Crippen LogP contribution in [0.25, 0.3) is 0 Å². The van der Waals surface area contributed by atoms with Crippen LogP contribution in [0.1, 0.15) is 44.7 Å². The van der Waals surface area contributed by atoms with Crippen molar-refractivity contribution in [1.82, 2.24) is 5.32 Å². The predicted octanol–water partition coefficient (Wildman–Crippen LogP) is 2.72. The largest absolute Gasteiger partial charge is 0.483 e. The highest BCUT2D eigenvalue weighted by Crippen LogP contribution is 2.27. The summed E-state index contributed by atoms with van der Waals surface area (Å²) in [6.45, 7) is 9.36. The van der Waals surface area contributed by atoms with Crippen molar-refractivity contribution in [3.8, 4) is 5.75 Å². The molecule has 0 saturated carbocycles. The third-order valence-electron chi connectivity index (χ3n) is 3.40. The molecule has 0 aromatic heterocycles. The van der Waals surface area contributed by atoms with E-state index in [1.807, 2.05) is 25.1 Å². The first-order valence-corrected chi connectivity index (χ1v) is 7.48. The molecule has 1 rings (SSSR count). The van der Waals surface area contributed by atoms with Crippen molar-refractivity contribution in [1.29, 1.82) is 0 Å². The van der Waals surface area contributed by atoms with E-state index in [1.165, 1.54) is 0 Å². The van der Waals surface area contributed by atoms with Crippen LogP contribution in [0.2, 0.25) is 0 Å². The Balaban J connectivity index is 2.72. The Morgan fingerprint density at radius 3 is 2.36 bits per heavy atom. The minimum atomic E-state index is -1.04. The standard InChI is InChI=1S/C17H25NO4/c1-10(2)13-7-6-12(5)8-14(13)22-9-15(19)18-16(11(3)4)17(20)21/h6-8,10-11,16H,9H2,1-5H3,(H,18,19)(H,20,21). The van der Waals surface area contributed by atoms with Gasteiger partial charge in [0.2, 0.25) is 0 Å². The number of nitrogens with one attached hydrogen (secondary N) is 1. The van der Waals surface area contributed by atoms with E-state index >= 15 is 0 Å². The number of aliphatic carboxylic acids is 1. The lowest BCUT2D eigenvalue weighted by Gasteiger charge is -2.19. The van der Waals surface area contributed by atoms with Crippen molar-refractivity contribution >= 4 is 11.9 Å². The molecule has 0 heterocycles. The van der Waals surface area contributed by atoms with Gasteiger partial charge in [0.1, 0.15) is 11.8 Å². The minimum Gasteiger partial charge on any atom is -0.483 e. The van der Waals surface area contributed by atoms with E-state index in [0.717, 1.165) is 11.1 Å². The number of hydrogen-bond donors (Lipinski definition) is 2. The van der Waals surface area contributed by atoms with Gasteiger partial charge in [0, 0.05) is 0 Å². The van der Waals surface area contributed by atoms with Gasteiger partial charge in [-0.15, -0.1) is 0 Å². The number of rotatable bonds is 7. The number of carbonyl (C=O) groups is 2. The Bertz CT molecular complexity index is 537. The molecule has 0 radical (unpaired) electrons. The van der Waals surface area contributed by atoms with Crippen molar-refractivity contribution in [2.45, 2.75) is 46.6 Å². The molecule has 0 aliphatic heterocycles. The molecule has 1 aromatic rings. The zero-order valence-corrected chi connectivity index (χ0v) is 13.8. The van der Waals surface area contributed by atoms with Gasteiger partial charge in [-0.25, -0.2) is 4.79 Å². The van der Waals surface area contributed by atoms with Crippen molar-refractivity contribution in [3.05, 3.63) is 29.3 Å². The molecule has 1 aromatic carbocycles. The van der Waals surface area contributed by atoms with E-state index in [4.69, 9.17) is 9.84 Å². The third kappa shape index (κ3) is 5.06. The molecule has 22 heavy (non-hydrogen) atoms. The molecule has 0 aliphatic rings. The second-order valence-electron chi connectivity index (χ2n) is 6.11. The Labute approximate surface area is 131 Å². The number of aryl methyl sites for hydroxylation is 1. The molecule has 5 heteroatoms. The van der Waals surface area contributed by atoms with Crippen LogP contribution in [-0.4, -0.2) is 29.6 Å². The summed E-state index contributed by atoms with van der Waals surface area (Å²) < 4.78 is 5.60. The van der Waals surface area contributed by atoms with Gasteiger partial charge in [-0.3, -0.25) is 4.79 Å². The van der Waals surface area contributed by atoms with Crippen LogP contribution in [0.3, 0.4) is 0 Å². The normalized spacial score (nSPS) is 12.3. The molecular weight excluding hydrogens is 282 g/mol. The predicted molar refractivity (Wildman–Crippen MR) is 85.2 cm³/mol. The Morgan fingerprint density at radius 2 is 1.86 bits per heavy atom. The molecule has 1 atom stereocenters. The van der Waals surface area contributed by atoms with E-state index in [0.29, 0.717) is 5.75 Å². The van der Waals surface area contributed by atoms with Crippen LogP contribution in [0.5, 0.6) is 5.75 Å². The van der Waals surface area contributed by atoms with Crippen molar-refractivity contribution in [2.75, 3.05) is 6.61 Å². The lowest BCUT2D eigenvalue weighted by molar-refractivity contribution is -0.143. The van der Waals surface area contributed by atoms with Gasteiger partial charge in [-0.1, -0.05) is 39.8 Å². The minimum absolute atomic E-state index is 0.188. The number of carboxylic acids is 1. The molecule has 0 saturated heterocycles. The maximum atomic E-state index is 11.9. The quantitative estimate of drug-likeness (QED) is 0.812. The SMILES string of the molecule is Cc1ccc(C(C)C)c(OCC(=O)NC(C(=O)O)C(C)C)c1. The zero-order valence-electron chi connectivity index (χ0n) is 13.8. The zero-order chi connectivity index (χ0) is 16.9. The summed E-state index contributed by atoms with van der Waals surface area (Å²) in [5.74, 6) is -0.714. The summed E-state index contributed by atoms with van der Waals surface area (Å²) in [4.78, 5) is 23.0. The number of carbonyl (C=O) groups excluding carboxylic acids is 1. The van der Waals surface area contributed by atoms with E-state index < -0.39 is 17.9 Å². The Morgan fingerprint density at radius 1 is 1.23 bits per heavy atom. The number of hydrogen-bond acceptors (Lipinski definition) is 3. The molecule has 1 unspecified atom stereocenters. The van der Waals surface area contributed by atoms with Gasteiger partial charge in [-0.05, 0) is 36.0 Å². The van der Waals surface area contributed by atoms with E-state index in [2.05, 4.69) is 19.2 Å². The van der Waals surface area contributed by atoms with E-state index in [1.54, 1.807) is 13.8 Å². The van der Waals surface area contributed by atoms with Gasteiger partial charge in [0.15, 0.2) is 6.61 Å². The van der Waals surface area contributed by atoms with Crippen molar-refractivity contribution in [3.63, 3.8) is 0 Å². The van der Waals surface area contributed by atoms with Crippen LogP contribution in [0.4, 0.5) is 0 Å². The molecule has 0 aliphatic carbocycles. The average Bonchev–Trinajstić information content (AvgIpc) is 2.41. The van der Waals surface area contributed by atoms with Crippen LogP contribution in [-0.2, 0) is 9.59 Å². The number of benzene rings is 1. The van der Waals surface area contributed by atoms with Gasteiger partial charge >= 0.3 is 5.97 Å². The highest BCUT2D eigenvalue weighted by Gasteiger charge is 2.23. The number of amides is 1. The average molecular weight is 307 g/mol. The van der Waals surface area contributed by atoms with E-state index in [-0.39, 0.29) is 18.4 Å². The van der Waals surface area contributed by atoms with E-state index in [9.17, 15) is 9.59 Å². The molecule has 0 fully saturated rings. The fourth-order valence-electron chi connectivity index (χ4n) is 2.12. The first kappa shape index (κ1) is 18.0. The smallest absolute Gasteiger partial charge is 0.326 e. The Hall–Kier alpha value is -2.04. The molecule has 122 valence electrons. The molecule has 2 N–H and O–H groups in total. The van der Waals surface area contributed by atoms with Gasteiger partial charge in [-0.2, -0.15) is 0 Å². The summed E-state index contributed by atoms with van der Waals surface area (Å²) in [5.41, 5.74) is 2.07. The monoisotopic (exact) mass is 307 g/mol. The topological polar surface area (TPSA) is 75.6 Å².